The second-order valence-corrected chi connectivity index (χ2v) is 4.64. The van der Waals surface area contributed by atoms with Gasteiger partial charge in [-0.3, -0.25) is 4.79 Å². The highest BCUT2D eigenvalue weighted by Gasteiger charge is 2.22. The average molecular weight is 302 g/mol. The van der Waals surface area contributed by atoms with Gasteiger partial charge in [-0.25, -0.2) is 0 Å². The number of benzene rings is 2. The molecule has 0 fully saturated rings. The number of aliphatic carboxylic acids is 1. The van der Waals surface area contributed by atoms with Crippen molar-refractivity contribution < 1.29 is 28.8 Å². The van der Waals surface area contributed by atoms with E-state index in [4.69, 9.17) is 24.1 Å². The summed E-state index contributed by atoms with van der Waals surface area (Å²) in [6.07, 6.45) is -0.125. The van der Waals surface area contributed by atoms with Crippen LogP contribution >= 0.6 is 0 Å². The van der Waals surface area contributed by atoms with Crippen molar-refractivity contribution in [2.75, 3.05) is 13.9 Å². The Balaban J connectivity index is 1.97. The van der Waals surface area contributed by atoms with Crippen LogP contribution in [0.2, 0.25) is 0 Å². The lowest BCUT2D eigenvalue weighted by atomic mass is 10.1. The molecule has 1 heterocycles. The van der Waals surface area contributed by atoms with Crippen molar-refractivity contribution in [3.8, 4) is 28.7 Å². The van der Waals surface area contributed by atoms with Crippen LogP contribution in [0.5, 0.6) is 28.7 Å². The number of ether oxygens (including phenoxy) is 4. The number of fused-ring (bicyclic) bond motifs is 1. The van der Waals surface area contributed by atoms with Gasteiger partial charge >= 0.3 is 5.97 Å². The summed E-state index contributed by atoms with van der Waals surface area (Å²) in [4.78, 5) is 10.9. The molecule has 0 saturated carbocycles. The van der Waals surface area contributed by atoms with Gasteiger partial charge in [0.25, 0.3) is 0 Å². The number of hydrogen-bond acceptors (Lipinski definition) is 5. The number of methoxy groups -OCH3 is 1. The average Bonchev–Trinajstić information content (AvgIpc) is 2.97. The van der Waals surface area contributed by atoms with Crippen molar-refractivity contribution in [3.63, 3.8) is 0 Å². The van der Waals surface area contributed by atoms with Gasteiger partial charge in [0.05, 0.1) is 13.5 Å². The van der Waals surface area contributed by atoms with Crippen LogP contribution in [-0.2, 0) is 11.2 Å². The third kappa shape index (κ3) is 2.76. The van der Waals surface area contributed by atoms with Crippen molar-refractivity contribution in [1.82, 2.24) is 0 Å². The molecule has 2 aromatic rings. The first-order valence-electron chi connectivity index (χ1n) is 6.62. The Bertz CT molecular complexity index is 710. The van der Waals surface area contributed by atoms with E-state index in [0.717, 1.165) is 0 Å². The van der Waals surface area contributed by atoms with E-state index in [1.807, 2.05) is 0 Å². The molecule has 6 heteroatoms. The molecule has 22 heavy (non-hydrogen) atoms. The van der Waals surface area contributed by atoms with E-state index >= 15 is 0 Å². The summed E-state index contributed by atoms with van der Waals surface area (Å²) < 4.78 is 21.8. The monoisotopic (exact) mass is 302 g/mol. The number of carbonyl (C=O) groups is 1. The predicted octanol–water partition coefficient (Wildman–Crippen LogP) is 2.84. The SMILES string of the molecule is COc1cc2c(c(Oc3ccccc3CC(=O)O)c1)OCO2. The van der Waals surface area contributed by atoms with Crippen molar-refractivity contribution in [2.24, 2.45) is 0 Å². The summed E-state index contributed by atoms with van der Waals surface area (Å²) in [5, 5.41) is 8.97. The topological polar surface area (TPSA) is 74.2 Å². The van der Waals surface area contributed by atoms with Crippen LogP contribution < -0.4 is 18.9 Å². The van der Waals surface area contributed by atoms with Crippen LogP contribution in [0.3, 0.4) is 0 Å². The van der Waals surface area contributed by atoms with E-state index in [0.29, 0.717) is 34.3 Å². The standard InChI is InChI=1S/C16H14O6/c1-19-11-7-13-16(21-9-20-13)14(8-11)22-12-5-3-2-4-10(12)6-15(17)18/h2-5,7-8H,6,9H2,1H3,(H,17,18). The van der Waals surface area contributed by atoms with Gasteiger partial charge in [0.15, 0.2) is 11.5 Å². The Hall–Kier alpha value is -2.89. The summed E-state index contributed by atoms with van der Waals surface area (Å²) in [7, 11) is 1.54. The maximum atomic E-state index is 10.9. The van der Waals surface area contributed by atoms with Gasteiger partial charge in [0, 0.05) is 17.7 Å². The molecule has 0 unspecified atom stereocenters. The Kier molecular flexibility index (Phi) is 3.74. The minimum Gasteiger partial charge on any atom is -0.496 e. The second-order valence-electron chi connectivity index (χ2n) is 4.64. The molecule has 0 radical (unpaired) electrons. The van der Waals surface area contributed by atoms with Gasteiger partial charge in [0.2, 0.25) is 12.5 Å². The van der Waals surface area contributed by atoms with Gasteiger partial charge in [-0.05, 0) is 6.07 Å². The van der Waals surface area contributed by atoms with Crippen LogP contribution in [-0.4, -0.2) is 25.0 Å². The Morgan fingerprint density at radius 1 is 1.23 bits per heavy atom. The maximum absolute atomic E-state index is 10.9. The number of para-hydroxylation sites is 1. The quantitative estimate of drug-likeness (QED) is 0.915. The molecule has 1 N–H and O–H groups in total. The zero-order valence-electron chi connectivity index (χ0n) is 11.9. The molecule has 1 aliphatic rings. The highest BCUT2D eigenvalue weighted by atomic mass is 16.7. The van der Waals surface area contributed by atoms with Gasteiger partial charge < -0.3 is 24.1 Å². The van der Waals surface area contributed by atoms with Gasteiger partial charge in [0.1, 0.15) is 11.5 Å². The first-order chi connectivity index (χ1) is 10.7. The van der Waals surface area contributed by atoms with Crippen molar-refractivity contribution in [1.29, 1.82) is 0 Å². The van der Waals surface area contributed by atoms with Crippen molar-refractivity contribution in [2.45, 2.75) is 6.42 Å². The minimum atomic E-state index is -0.925. The van der Waals surface area contributed by atoms with E-state index in [9.17, 15) is 4.79 Å². The van der Waals surface area contributed by atoms with Crippen LogP contribution in [0.4, 0.5) is 0 Å². The molecule has 0 bridgehead atoms. The number of hydrogen-bond donors (Lipinski definition) is 1. The third-order valence-corrected chi connectivity index (χ3v) is 3.18. The van der Waals surface area contributed by atoms with Crippen LogP contribution in [0, 0.1) is 0 Å². The largest absolute Gasteiger partial charge is 0.496 e. The fourth-order valence-electron chi connectivity index (χ4n) is 2.18. The predicted molar refractivity (Wildman–Crippen MR) is 77.0 cm³/mol. The van der Waals surface area contributed by atoms with Crippen molar-refractivity contribution >= 4 is 5.97 Å². The van der Waals surface area contributed by atoms with Gasteiger partial charge in [-0.15, -0.1) is 0 Å². The van der Waals surface area contributed by atoms with Gasteiger partial charge in [-0.2, -0.15) is 0 Å². The summed E-state index contributed by atoms with van der Waals surface area (Å²) in [5.74, 6) is 1.53. The van der Waals surface area contributed by atoms with E-state index in [1.54, 1.807) is 43.5 Å². The number of carboxylic acids is 1. The molecule has 0 atom stereocenters. The van der Waals surface area contributed by atoms with E-state index in [-0.39, 0.29) is 13.2 Å². The first kappa shape index (κ1) is 14.1. The van der Waals surface area contributed by atoms with Crippen LogP contribution in [0.25, 0.3) is 0 Å². The van der Waals surface area contributed by atoms with E-state index in [1.165, 1.54) is 0 Å². The third-order valence-electron chi connectivity index (χ3n) is 3.18. The lowest BCUT2D eigenvalue weighted by molar-refractivity contribution is -0.136. The number of carboxylic acid groups (broad SMARTS) is 1. The summed E-state index contributed by atoms with van der Waals surface area (Å²) in [6.45, 7) is 0.107. The Morgan fingerprint density at radius 2 is 2.05 bits per heavy atom. The van der Waals surface area contributed by atoms with Crippen LogP contribution in [0.15, 0.2) is 36.4 Å². The van der Waals surface area contributed by atoms with Gasteiger partial charge in [-0.1, -0.05) is 18.2 Å². The molecule has 0 saturated heterocycles. The molecule has 0 amide bonds. The molecular weight excluding hydrogens is 288 g/mol. The summed E-state index contributed by atoms with van der Waals surface area (Å²) in [6, 6.07) is 10.3. The molecule has 0 aromatic heterocycles. The molecular formula is C16H14O6. The zero-order valence-corrected chi connectivity index (χ0v) is 11.9. The van der Waals surface area contributed by atoms with E-state index in [2.05, 4.69) is 0 Å². The summed E-state index contributed by atoms with van der Waals surface area (Å²) in [5.41, 5.74) is 0.575. The van der Waals surface area contributed by atoms with E-state index < -0.39 is 5.97 Å². The maximum Gasteiger partial charge on any atom is 0.307 e. The molecule has 3 rings (SSSR count). The fourth-order valence-corrected chi connectivity index (χ4v) is 2.18. The lowest BCUT2D eigenvalue weighted by Gasteiger charge is -2.12. The second kappa shape index (κ2) is 5.85. The molecule has 2 aromatic carbocycles. The smallest absolute Gasteiger partial charge is 0.307 e. The summed E-state index contributed by atoms with van der Waals surface area (Å²) >= 11 is 0. The number of rotatable bonds is 5. The zero-order chi connectivity index (χ0) is 15.5. The normalized spacial score (nSPS) is 12.0. The lowest BCUT2D eigenvalue weighted by Crippen LogP contribution is -2.02. The molecule has 114 valence electrons. The highest BCUT2D eigenvalue weighted by molar-refractivity contribution is 5.71. The molecule has 0 aliphatic carbocycles. The molecule has 0 spiro atoms. The molecule has 6 nitrogen and oxygen atoms in total. The van der Waals surface area contributed by atoms with Crippen LogP contribution in [0.1, 0.15) is 5.56 Å². The fraction of sp³-hybridized carbons (Fsp3) is 0.188. The Labute approximate surface area is 126 Å². The molecule has 1 aliphatic heterocycles. The highest BCUT2D eigenvalue weighted by Crippen LogP contribution is 2.46. The minimum absolute atomic E-state index is 0.107. The first-order valence-corrected chi connectivity index (χ1v) is 6.62. The van der Waals surface area contributed by atoms with Crippen molar-refractivity contribution in [3.05, 3.63) is 42.0 Å². The Morgan fingerprint density at radius 3 is 2.82 bits per heavy atom.